The number of hydrogen-bond acceptors (Lipinski definition) is 6. The monoisotopic (exact) mass is 339 g/mol. The molecule has 1 aliphatic heterocycles. The Bertz CT molecular complexity index is 857. The topological polar surface area (TPSA) is 69.2 Å². The molecular formula is C18H21N5O2. The number of nitrogens with zero attached hydrogens (tertiary/aromatic N) is 5. The molecule has 4 rings (SSSR count). The summed E-state index contributed by atoms with van der Waals surface area (Å²) in [7, 11) is 0. The first kappa shape index (κ1) is 15.8. The van der Waals surface area contributed by atoms with Crippen LogP contribution in [0.1, 0.15) is 22.9 Å². The molecular weight excluding hydrogens is 318 g/mol. The lowest BCUT2D eigenvalue weighted by atomic mass is 10.3. The van der Waals surface area contributed by atoms with Crippen molar-refractivity contribution in [3.63, 3.8) is 0 Å². The summed E-state index contributed by atoms with van der Waals surface area (Å²) in [5.74, 6) is 1.88. The molecule has 0 saturated carbocycles. The maximum absolute atomic E-state index is 6.06. The lowest BCUT2D eigenvalue weighted by molar-refractivity contribution is 0.108. The SMILES string of the molecule is Cc1ccnc(O[C@H]2CN(Cc3ccc(C)o3)Cc3ccnn3C2)n1. The van der Waals surface area contributed by atoms with Gasteiger partial charge >= 0.3 is 6.01 Å². The van der Waals surface area contributed by atoms with Crippen LogP contribution in [0.4, 0.5) is 0 Å². The summed E-state index contributed by atoms with van der Waals surface area (Å²) in [5.41, 5.74) is 2.06. The van der Waals surface area contributed by atoms with Crippen LogP contribution < -0.4 is 4.74 Å². The van der Waals surface area contributed by atoms with Crippen molar-refractivity contribution in [3.8, 4) is 6.01 Å². The fourth-order valence-electron chi connectivity index (χ4n) is 3.11. The molecule has 7 heteroatoms. The van der Waals surface area contributed by atoms with Gasteiger partial charge < -0.3 is 9.15 Å². The maximum atomic E-state index is 6.06. The van der Waals surface area contributed by atoms with Gasteiger partial charge in [-0.2, -0.15) is 5.10 Å². The summed E-state index contributed by atoms with van der Waals surface area (Å²) in [6, 6.07) is 8.33. The van der Waals surface area contributed by atoms with E-state index in [1.807, 2.05) is 49.0 Å². The largest absolute Gasteiger partial charge is 0.465 e. The molecule has 0 bridgehead atoms. The molecule has 3 aromatic rings. The van der Waals surface area contributed by atoms with Gasteiger partial charge in [0.2, 0.25) is 0 Å². The number of ether oxygens (including phenoxy) is 1. The summed E-state index contributed by atoms with van der Waals surface area (Å²) < 4.78 is 13.8. The molecule has 0 spiro atoms. The Morgan fingerprint density at radius 2 is 2.08 bits per heavy atom. The van der Waals surface area contributed by atoms with Gasteiger partial charge in [0.25, 0.3) is 0 Å². The first-order chi connectivity index (χ1) is 12.2. The second kappa shape index (κ2) is 6.68. The van der Waals surface area contributed by atoms with Gasteiger partial charge in [-0.05, 0) is 38.1 Å². The third-order valence-electron chi connectivity index (χ3n) is 4.25. The van der Waals surface area contributed by atoms with E-state index in [-0.39, 0.29) is 6.10 Å². The molecule has 0 aliphatic carbocycles. The van der Waals surface area contributed by atoms with E-state index in [4.69, 9.17) is 9.15 Å². The Morgan fingerprint density at radius 1 is 1.16 bits per heavy atom. The van der Waals surface area contributed by atoms with E-state index in [0.29, 0.717) is 12.6 Å². The van der Waals surface area contributed by atoms with Gasteiger partial charge in [0, 0.05) is 31.2 Å². The molecule has 25 heavy (non-hydrogen) atoms. The molecule has 4 heterocycles. The van der Waals surface area contributed by atoms with Crippen LogP contribution in [0.2, 0.25) is 0 Å². The third kappa shape index (κ3) is 3.71. The number of hydrogen-bond donors (Lipinski definition) is 0. The van der Waals surface area contributed by atoms with Crippen LogP contribution in [0.15, 0.2) is 41.1 Å². The van der Waals surface area contributed by atoms with Gasteiger partial charge in [-0.1, -0.05) is 0 Å². The van der Waals surface area contributed by atoms with Gasteiger partial charge in [0.15, 0.2) is 0 Å². The zero-order chi connectivity index (χ0) is 17.2. The molecule has 1 aliphatic rings. The van der Waals surface area contributed by atoms with Crippen molar-refractivity contribution < 1.29 is 9.15 Å². The second-order valence-electron chi connectivity index (χ2n) is 6.41. The number of aromatic nitrogens is 4. The first-order valence-electron chi connectivity index (χ1n) is 8.40. The molecule has 1 atom stereocenters. The Labute approximate surface area is 146 Å². The zero-order valence-electron chi connectivity index (χ0n) is 14.4. The molecule has 0 aromatic carbocycles. The van der Waals surface area contributed by atoms with Crippen LogP contribution in [-0.2, 0) is 19.6 Å². The summed E-state index contributed by atoms with van der Waals surface area (Å²) in [4.78, 5) is 10.9. The van der Waals surface area contributed by atoms with E-state index in [1.54, 1.807) is 6.20 Å². The van der Waals surface area contributed by atoms with Crippen molar-refractivity contribution in [3.05, 3.63) is 59.6 Å². The Hall–Kier alpha value is -2.67. The normalized spacial score (nSPS) is 17.9. The van der Waals surface area contributed by atoms with Crippen LogP contribution in [0.25, 0.3) is 0 Å². The second-order valence-corrected chi connectivity index (χ2v) is 6.41. The quantitative estimate of drug-likeness (QED) is 0.727. The van der Waals surface area contributed by atoms with Crippen molar-refractivity contribution >= 4 is 0 Å². The lowest BCUT2D eigenvalue weighted by Crippen LogP contribution is -2.35. The van der Waals surface area contributed by atoms with E-state index in [9.17, 15) is 0 Å². The molecule has 0 unspecified atom stereocenters. The molecule has 0 fully saturated rings. The minimum atomic E-state index is -0.0843. The van der Waals surface area contributed by atoms with Crippen LogP contribution >= 0.6 is 0 Å². The van der Waals surface area contributed by atoms with Crippen molar-refractivity contribution in [2.45, 2.75) is 39.6 Å². The third-order valence-corrected chi connectivity index (χ3v) is 4.25. The summed E-state index contributed by atoms with van der Waals surface area (Å²) in [5, 5.41) is 4.42. The number of furan rings is 1. The predicted molar refractivity (Wildman–Crippen MR) is 91.0 cm³/mol. The van der Waals surface area contributed by atoms with E-state index < -0.39 is 0 Å². The summed E-state index contributed by atoms with van der Waals surface area (Å²) >= 11 is 0. The number of aryl methyl sites for hydroxylation is 2. The van der Waals surface area contributed by atoms with Crippen molar-refractivity contribution in [1.29, 1.82) is 0 Å². The first-order valence-corrected chi connectivity index (χ1v) is 8.40. The van der Waals surface area contributed by atoms with Crippen molar-refractivity contribution in [2.24, 2.45) is 0 Å². The fraction of sp³-hybridized carbons (Fsp3) is 0.389. The highest BCUT2D eigenvalue weighted by Gasteiger charge is 2.25. The van der Waals surface area contributed by atoms with Gasteiger partial charge in [-0.15, -0.1) is 0 Å². The maximum Gasteiger partial charge on any atom is 0.316 e. The molecule has 0 radical (unpaired) electrons. The van der Waals surface area contributed by atoms with Crippen molar-refractivity contribution in [1.82, 2.24) is 24.6 Å². The molecule has 0 amide bonds. The highest BCUT2D eigenvalue weighted by Crippen LogP contribution is 2.18. The zero-order valence-corrected chi connectivity index (χ0v) is 14.4. The minimum absolute atomic E-state index is 0.0843. The van der Waals surface area contributed by atoms with Gasteiger partial charge in [-0.3, -0.25) is 9.58 Å². The highest BCUT2D eigenvalue weighted by atomic mass is 16.5. The summed E-state index contributed by atoms with van der Waals surface area (Å²) in [6.45, 7) is 6.84. The molecule has 3 aromatic heterocycles. The van der Waals surface area contributed by atoms with Crippen LogP contribution in [0, 0.1) is 13.8 Å². The average Bonchev–Trinajstić information content (AvgIpc) is 3.13. The Morgan fingerprint density at radius 3 is 2.88 bits per heavy atom. The average molecular weight is 339 g/mol. The van der Waals surface area contributed by atoms with Crippen LogP contribution in [0.3, 0.4) is 0 Å². The van der Waals surface area contributed by atoms with Crippen LogP contribution in [0.5, 0.6) is 6.01 Å². The standard InChI is InChI=1S/C18H21N5O2/c1-13-5-7-19-18(21-13)25-17-11-22(10-16-4-3-14(2)24-16)9-15-6-8-20-23(15)12-17/h3-8,17H,9-12H2,1-2H3/t17-/m0/s1. The molecule has 0 saturated heterocycles. The fourth-order valence-corrected chi connectivity index (χ4v) is 3.11. The highest BCUT2D eigenvalue weighted by molar-refractivity contribution is 5.08. The molecule has 130 valence electrons. The van der Waals surface area contributed by atoms with E-state index in [0.717, 1.165) is 36.8 Å². The number of fused-ring (bicyclic) bond motifs is 1. The number of rotatable bonds is 4. The molecule has 0 N–H and O–H groups in total. The van der Waals surface area contributed by atoms with Gasteiger partial charge in [-0.25, -0.2) is 9.97 Å². The van der Waals surface area contributed by atoms with E-state index in [2.05, 4.69) is 20.0 Å². The van der Waals surface area contributed by atoms with E-state index >= 15 is 0 Å². The molecule has 7 nitrogen and oxygen atoms in total. The van der Waals surface area contributed by atoms with Gasteiger partial charge in [0.1, 0.15) is 17.6 Å². The van der Waals surface area contributed by atoms with Crippen LogP contribution in [-0.4, -0.2) is 37.3 Å². The van der Waals surface area contributed by atoms with Gasteiger partial charge in [0.05, 0.1) is 18.8 Å². The predicted octanol–water partition coefficient (Wildman–Crippen LogP) is 2.35. The van der Waals surface area contributed by atoms with E-state index in [1.165, 1.54) is 5.69 Å². The lowest BCUT2D eigenvalue weighted by Gasteiger charge is -2.23. The summed E-state index contributed by atoms with van der Waals surface area (Å²) in [6.07, 6.45) is 3.46. The smallest absolute Gasteiger partial charge is 0.316 e. The minimum Gasteiger partial charge on any atom is -0.465 e. The Balaban J connectivity index is 1.54. The van der Waals surface area contributed by atoms with Crippen molar-refractivity contribution in [2.75, 3.05) is 6.54 Å². The Kier molecular flexibility index (Phi) is 4.23.